The number of aromatic carboxylic acids is 1. The van der Waals surface area contributed by atoms with Gasteiger partial charge >= 0.3 is 5.97 Å². The third-order valence-corrected chi connectivity index (χ3v) is 7.34. The Morgan fingerprint density at radius 1 is 0.972 bits per heavy atom. The number of carboxylic acid groups (broad SMARTS) is 1. The molecule has 0 spiro atoms. The fourth-order valence-electron chi connectivity index (χ4n) is 5.25. The Kier molecular flexibility index (Phi) is 4.55. The maximum absolute atomic E-state index is 12.9. The molecule has 3 aromatic carbocycles. The highest BCUT2D eigenvalue weighted by Gasteiger charge is 2.29. The highest BCUT2D eigenvalue weighted by molar-refractivity contribution is 7.00. The SMILES string of the molecule is Cn1c2ccccc2c2c1c(-c1ccc3c(c1)OCCO3)c(C(=O)O)n2Cc1ccc2nsnc2c1. The minimum Gasteiger partial charge on any atom is -0.486 e. The number of carbonyl (C=O) groups is 1. The van der Waals surface area contributed by atoms with Crippen LogP contribution in [0.25, 0.3) is 44.1 Å². The average Bonchev–Trinajstić information content (AvgIpc) is 3.57. The van der Waals surface area contributed by atoms with E-state index in [0.29, 0.717) is 36.8 Å². The fraction of sp³-hybridized carbons (Fsp3) is 0.148. The van der Waals surface area contributed by atoms with Gasteiger partial charge in [-0.25, -0.2) is 4.79 Å². The first kappa shape index (κ1) is 21.0. The van der Waals surface area contributed by atoms with Gasteiger partial charge in [0.2, 0.25) is 0 Å². The molecule has 0 amide bonds. The number of hydrogen-bond donors (Lipinski definition) is 1. The fourth-order valence-corrected chi connectivity index (χ4v) is 5.77. The molecule has 0 aliphatic carbocycles. The van der Waals surface area contributed by atoms with Gasteiger partial charge in [-0.3, -0.25) is 0 Å². The van der Waals surface area contributed by atoms with Crippen LogP contribution in [-0.2, 0) is 13.6 Å². The third kappa shape index (κ3) is 3.02. The summed E-state index contributed by atoms with van der Waals surface area (Å²) in [5, 5.41) is 11.5. The third-order valence-electron chi connectivity index (χ3n) is 6.79. The largest absolute Gasteiger partial charge is 0.486 e. The van der Waals surface area contributed by atoms with Gasteiger partial charge < -0.3 is 23.7 Å². The lowest BCUT2D eigenvalue weighted by Gasteiger charge is -2.19. The lowest BCUT2D eigenvalue weighted by Crippen LogP contribution is -2.15. The second-order valence-electron chi connectivity index (χ2n) is 8.83. The maximum atomic E-state index is 12.9. The minimum atomic E-state index is -0.989. The number of nitrogens with zero attached hydrogens (tertiary/aromatic N) is 4. The Balaban J connectivity index is 1.55. The second-order valence-corrected chi connectivity index (χ2v) is 9.36. The molecule has 1 N–H and O–H groups in total. The van der Waals surface area contributed by atoms with Crippen LogP contribution in [0.3, 0.4) is 0 Å². The van der Waals surface area contributed by atoms with E-state index in [9.17, 15) is 9.90 Å². The molecule has 8 nitrogen and oxygen atoms in total. The smallest absolute Gasteiger partial charge is 0.353 e. The van der Waals surface area contributed by atoms with Crippen LogP contribution in [0.5, 0.6) is 11.5 Å². The summed E-state index contributed by atoms with van der Waals surface area (Å²) in [6.45, 7) is 1.33. The van der Waals surface area contributed by atoms with Crippen LogP contribution in [-0.4, -0.2) is 42.2 Å². The van der Waals surface area contributed by atoms with Crippen molar-refractivity contribution < 1.29 is 19.4 Å². The van der Waals surface area contributed by atoms with E-state index in [4.69, 9.17) is 9.47 Å². The van der Waals surface area contributed by atoms with Gasteiger partial charge in [0.15, 0.2) is 11.5 Å². The zero-order valence-corrected chi connectivity index (χ0v) is 20.1. The minimum absolute atomic E-state index is 0.231. The molecule has 0 atom stereocenters. The number of hydrogen-bond acceptors (Lipinski definition) is 6. The van der Waals surface area contributed by atoms with Gasteiger partial charge in [-0.1, -0.05) is 30.3 Å². The summed E-state index contributed by atoms with van der Waals surface area (Å²) in [4.78, 5) is 12.9. The number of aromatic nitrogens is 4. The summed E-state index contributed by atoms with van der Waals surface area (Å²) in [5.74, 6) is 0.299. The van der Waals surface area contributed by atoms with Gasteiger partial charge in [0, 0.05) is 24.5 Å². The molecule has 6 aromatic rings. The molecule has 3 aromatic heterocycles. The van der Waals surface area contributed by atoms with Gasteiger partial charge in [-0.2, -0.15) is 8.75 Å². The Morgan fingerprint density at radius 2 is 1.78 bits per heavy atom. The van der Waals surface area contributed by atoms with E-state index in [0.717, 1.165) is 44.1 Å². The Bertz CT molecular complexity index is 1830. The van der Waals surface area contributed by atoms with Crippen molar-refractivity contribution in [3.05, 3.63) is 71.9 Å². The molecule has 7 rings (SSSR count). The van der Waals surface area contributed by atoms with E-state index < -0.39 is 5.97 Å². The van der Waals surface area contributed by atoms with Crippen molar-refractivity contribution in [2.75, 3.05) is 13.2 Å². The lowest BCUT2D eigenvalue weighted by atomic mass is 10.0. The highest BCUT2D eigenvalue weighted by atomic mass is 32.1. The second kappa shape index (κ2) is 7.82. The first-order valence-corrected chi connectivity index (χ1v) is 12.3. The number of carboxylic acids is 1. The molecule has 36 heavy (non-hydrogen) atoms. The summed E-state index contributed by atoms with van der Waals surface area (Å²) >= 11 is 1.17. The Morgan fingerprint density at radius 3 is 2.64 bits per heavy atom. The number of para-hydroxylation sites is 1. The van der Waals surface area contributed by atoms with E-state index in [-0.39, 0.29) is 5.69 Å². The maximum Gasteiger partial charge on any atom is 0.353 e. The molecule has 0 unspecified atom stereocenters. The van der Waals surface area contributed by atoms with Crippen LogP contribution in [0.1, 0.15) is 16.1 Å². The van der Waals surface area contributed by atoms with E-state index in [1.807, 2.05) is 66.2 Å². The highest BCUT2D eigenvalue weighted by Crippen LogP contribution is 2.43. The van der Waals surface area contributed by atoms with Crippen LogP contribution in [0, 0.1) is 0 Å². The summed E-state index contributed by atoms with van der Waals surface area (Å²) in [6.07, 6.45) is 0. The first-order valence-electron chi connectivity index (χ1n) is 11.5. The molecule has 9 heteroatoms. The molecule has 4 heterocycles. The average molecular weight is 497 g/mol. The van der Waals surface area contributed by atoms with Gasteiger partial charge in [-0.15, -0.1) is 0 Å². The summed E-state index contributed by atoms with van der Waals surface area (Å²) < 4.78 is 24.2. The Hall–Kier alpha value is -4.37. The molecule has 0 saturated heterocycles. The van der Waals surface area contributed by atoms with E-state index in [1.165, 1.54) is 11.7 Å². The molecule has 0 radical (unpaired) electrons. The van der Waals surface area contributed by atoms with Gasteiger partial charge in [0.05, 0.1) is 28.3 Å². The molecular formula is C27H20N4O4S. The van der Waals surface area contributed by atoms with Gasteiger partial charge in [0.1, 0.15) is 29.9 Å². The van der Waals surface area contributed by atoms with E-state index >= 15 is 0 Å². The van der Waals surface area contributed by atoms with Crippen molar-refractivity contribution in [2.45, 2.75) is 6.54 Å². The van der Waals surface area contributed by atoms with Gasteiger partial charge in [-0.05, 0) is 41.5 Å². The summed E-state index contributed by atoms with van der Waals surface area (Å²) in [6, 6.07) is 19.6. The Labute approximate surface area is 209 Å². The molecule has 0 saturated carbocycles. The molecule has 1 aliphatic heterocycles. The zero-order valence-electron chi connectivity index (χ0n) is 19.3. The topological polar surface area (TPSA) is 91.4 Å². The standard InChI is InChI=1S/C27H20N4O4S/c1-30-20-5-3-2-4-17(20)24-25(30)23(16-7-9-21-22(13-16)35-11-10-34-21)26(27(32)33)31(24)14-15-6-8-18-19(12-15)29-36-28-18/h2-9,12-13H,10-11,14H2,1H3,(H,32,33). The number of benzene rings is 3. The van der Waals surface area contributed by atoms with Crippen molar-refractivity contribution in [2.24, 2.45) is 7.05 Å². The molecule has 1 aliphatic rings. The number of fused-ring (bicyclic) bond motifs is 5. The first-order chi connectivity index (χ1) is 17.6. The van der Waals surface area contributed by atoms with Crippen LogP contribution >= 0.6 is 11.7 Å². The van der Waals surface area contributed by atoms with Crippen molar-refractivity contribution in [3.63, 3.8) is 0 Å². The van der Waals surface area contributed by atoms with Crippen molar-refractivity contribution in [1.82, 2.24) is 17.9 Å². The molecular weight excluding hydrogens is 476 g/mol. The van der Waals surface area contributed by atoms with Crippen LogP contribution in [0.15, 0.2) is 60.7 Å². The van der Waals surface area contributed by atoms with E-state index in [2.05, 4.69) is 19.4 Å². The van der Waals surface area contributed by atoms with Crippen LogP contribution < -0.4 is 9.47 Å². The van der Waals surface area contributed by atoms with Gasteiger partial charge in [0.25, 0.3) is 0 Å². The summed E-state index contributed by atoms with van der Waals surface area (Å²) in [7, 11) is 1.98. The molecule has 0 bridgehead atoms. The zero-order chi connectivity index (χ0) is 24.4. The number of rotatable bonds is 4. The number of aryl methyl sites for hydroxylation is 1. The monoisotopic (exact) mass is 496 g/mol. The number of ether oxygens (including phenoxy) is 2. The van der Waals surface area contributed by atoms with Crippen LogP contribution in [0.4, 0.5) is 0 Å². The lowest BCUT2D eigenvalue weighted by molar-refractivity contribution is 0.0687. The summed E-state index contributed by atoms with van der Waals surface area (Å²) in [5.41, 5.74) is 7.03. The van der Waals surface area contributed by atoms with E-state index in [1.54, 1.807) is 0 Å². The van der Waals surface area contributed by atoms with Crippen molar-refractivity contribution in [3.8, 4) is 22.6 Å². The predicted molar refractivity (Wildman–Crippen MR) is 138 cm³/mol. The van der Waals surface area contributed by atoms with Crippen molar-refractivity contribution in [1.29, 1.82) is 0 Å². The molecule has 178 valence electrons. The molecule has 0 fully saturated rings. The quantitative estimate of drug-likeness (QED) is 0.355. The van der Waals surface area contributed by atoms with Crippen LogP contribution in [0.2, 0.25) is 0 Å². The normalized spacial score (nSPS) is 13.1. The predicted octanol–water partition coefficient (Wildman–Crippen LogP) is 5.32. The van der Waals surface area contributed by atoms with Crippen molar-refractivity contribution >= 4 is 50.7 Å².